The van der Waals surface area contributed by atoms with Gasteiger partial charge >= 0.3 is 0 Å². The number of aromatic nitrogens is 1. The van der Waals surface area contributed by atoms with E-state index in [4.69, 9.17) is 0 Å². The number of anilines is 1. The predicted molar refractivity (Wildman–Crippen MR) is 170 cm³/mol. The van der Waals surface area contributed by atoms with Crippen molar-refractivity contribution in [2.45, 2.75) is 25.9 Å². The molecule has 1 fully saturated rings. The third kappa shape index (κ3) is 5.81. The van der Waals surface area contributed by atoms with Crippen LogP contribution in [0.5, 0.6) is 0 Å². The molecule has 1 saturated heterocycles. The number of rotatable bonds is 8. The van der Waals surface area contributed by atoms with Gasteiger partial charge < -0.3 is 10.2 Å². The second-order valence-corrected chi connectivity index (χ2v) is 10.9. The van der Waals surface area contributed by atoms with Gasteiger partial charge in [-0.3, -0.25) is 19.1 Å². The molecule has 1 aromatic heterocycles. The number of nitrogens with zero attached hydrogens (tertiary/aromatic N) is 3. The number of fused-ring (bicyclic) bond motifs is 1. The van der Waals surface area contributed by atoms with Crippen molar-refractivity contribution < 1.29 is 9.18 Å². The standard InChI is InChI=1S/C36H35FN4O2/c1-2-31(26-13-5-3-6-14-26)38-35(42)34-28-17-9-10-18-29(28)36(43)41(27-15-7-4-8-16-27)33(34)25-39-21-23-40(24-22-39)32-20-12-11-19-30(32)37/h3-20,31H,2,21-25H2,1H3,(H,38,42)/t31-/m0/s1. The second kappa shape index (κ2) is 12.6. The van der Waals surface area contributed by atoms with Gasteiger partial charge in [0.05, 0.1) is 23.0 Å². The quantitative estimate of drug-likeness (QED) is 0.235. The van der Waals surface area contributed by atoms with Crippen molar-refractivity contribution in [3.8, 4) is 5.69 Å². The minimum atomic E-state index is -0.230. The second-order valence-electron chi connectivity index (χ2n) is 10.9. The average Bonchev–Trinajstić information content (AvgIpc) is 3.05. The molecular weight excluding hydrogens is 539 g/mol. The number of pyridine rings is 1. The van der Waals surface area contributed by atoms with Gasteiger partial charge in [0.2, 0.25) is 0 Å². The zero-order valence-corrected chi connectivity index (χ0v) is 24.2. The highest BCUT2D eigenvalue weighted by Gasteiger charge is 2.27. The van der Waals surface area contributed by atoms with Crippen LogP contribution in [0, 0.1) is 5.82 Å². The van der Waals surface area contributed by atoms with E-state index in [0.29, 0.717) is 66.1 Å². The first-order valence-electron chi connectivity index (χ1n) is 14.8. The summed E-state index contributed by atoms with van der Waals surface area (Å²) in [6, 6.07) is 33.5. The normalized spacial score (nSPS) is 14.5. The highest BCUT2D eigenvalue weighted by molar-refractivity contribution is 6.08. The van der Waals surface area contributed by atoms with E-state index in [1.165, 1.54) is 6.07 Å². The van der Waals surface area contributed by atoms with Crippen LogP contribution in [0.4, 0.5) is 10.1 Å². The fraction of sp³-hybridized carbons (Fsp3) is 0.222. The summed E-state index contributed by atoms with van der Waals surface area (Å²) in [5, 5.41) is 4.42. The van der Waals surface area contributed by atoms with Crippen molar-refractivity contribution in [2.24, 2.45) is 0 Å². The molecule has 1 amide bonds. The van der Waals surface area contributed by atoms with Gasteiger partial charge in [-0.1, -0.05) is 85.8 Å². The van der Waals surface area contributed by atoms with E-state index in [2.05, 4.69) is 22.0 Å². The van der Waals surface area contributed by atoms with Gasteiger partial charge in [0.1, 0.15) is 5.82 Å². The van der Waals surface area contributed by atoms with Crippen LogP contribution < -0.4 is 15.8 Å². The molecule has 1 aliphatic rings. The zero-order valence-electron chi connectivity index (χ0n) is 24.2. The lowest BCUT2D eigenvalue weighted by Crippen LogP contribution is -2.47. The molecule has 0 radical (unpaired) electrons. The Kier molecular flexibility index (Phi) is 8.34. The van der Waals surface area contributed by atoms with Gasteiger partial charge in [-0.05, 0) is 42.3 Å². The maximum absolute atomic E-state index is 14.5. The van der Waals surface area contributed by atoms with Crippen molar-refractivity contribution in [3.63, 3.8) is 0 Å². The van der Waals surface area contributed by atoms with E-state index in [1.54, 1.807) is 22.8 Å². The lowest BCUT2D eigenvalue weighted by Gasteiger charge is -2.37. The molecule has 1 atom stereocenters. The molecule has 218 valence electrons. The van der Waals surface area contributed by atoms with Gasteiger partial charge in [-0.25, -0.2) is 4.39 Å². The van der Waals surface area contributed by atoms with Crippen LogP contribution in [0.3, 0.4) is 0 Å². The largest absolute Gasteiger partial charge is 0.367 e. The van der Waals surface area contributed by atoms with Crippen LogP contribution in [0.25, 0.3) is 16.5 Å². The van der Waals surface area contributed by atoms with Crippen LogP contribution >= 0.6 is 0 Å². The number of hydrogen-bond donors (Lipinski definition) is 1. The first-order chi connectivity index (χ1) is 21.0. The topological polar surface area (TPSA) is 57.6 Å². The van der Waals surface area contributed by atoms with Crippen LogP contribution in [0.2, 0.25) is 0 Å². The number of piperazine rings is 1. The lowest BCUT2D eigenvalue weighted by molar-refractivity contribution is 0.0934. The predicted octanol–water partition coefficient (Wildman–Crippen LogP) is 6.33. The number of carbonyl (C=O) groups is 1. The van der Waals surface area contributed by atoms with Gasteiger partial charge in [-0.15, -0.1) is 0 Å². The first-order valence-corrected chi connectivity index (χ1v) is 14.8. The Bertz CT molecular complexity index is 1780. The average molecular weight is 575 g/mol. The van der Waals surface area contributed by atoms with Crippen LogP contribution in [0.15, 0.2) is 114 Å². The molecule has 6 rings (SSSR count). The monoisotopic (exact) mass is 574 g/mol. The maximum atomic E-state index is 14.5. The minimum absolute atomic E-state index is 0.159. The Morgan fingerprint density at radius 2 is 1.40 bits per heavy atom. The summed E-state index contributed by atoms with van der Waals surface area (Å²) in [6.45, 7) is 5.04. The van der Waals surface area contributed by atoms with E-state index in [9.17, 15) is 14.0 Å². The van der Waals surface area contributed by atoms with Crippen molar-refractivity contribution in [1.82, 2.24) is 14.8 Å². The van der Waals surface area contributed by atoms with Crippen LogP contribution in [-0.4, -0.2) is 41.6 Å². The van der Waals surface area contributed by atoms with Crippen molar-refractivity contribution >= 4 is 22.4 Å². The number of benzene rings is 4. The summed E-state index contributed by atoms with van der Waals surface area (Å²) in [4.78, 5) is 32.7. The molecule has 1 aliphatic heterocycles. The third-order valence-electron chi connectivity index (χ3n) is 8.28. The lowest BCUT2D eigenvalue weighted by atomic mass is 9.99. The van der Waals surface area contributed by atoms with E-state index >= 15 is 0 Å². The fourth-order valence-corrected chi connectivity index (χ4v) is 6.05. The molecule has 0 bridgehead atoms. The number of halogens is 1. The highest BCUT2D eigenvalue weighted by atomic mass is 19.1. The summed E-state index contributed by atoms with van der Waals surface area (Å²) in [5.41, 5.74) is 3.33. The summed E-state index contributed by atoms with van der Waals surface area (Å²) < 4.78 is 16.2. The number of para-hydroxylation sites is 2. The highest BCUT2D eigenvalue weighted by Crippen LogP contribution is 2.27. The Hall–Kier alpha value is -4.75. The van der Waals surface area contributed by atoms with E-state index < -0.39 is 0 Å². The van der Waals surface area contributed by atoms with Gasteiger partial charge in [0, 0.05) is 49.2 Å². The molecule has 0 unspecified atom stereocenters. The van der Waals surface area contributed by atoms with Crippen molar-refractivity contribution in [3.05, 3.63) is 142 Å². The molecule has 7 heteroatoms. The minimum Gasteiger partial charge on any atom is -0.367 e. The molecule has 0 aliphatic carbocycles. The summed E-state index contributed by atoms with van der Waals surface area (Å²) >= 11 is 0. The molecule has 2 heterocycles. The molecule has 0 spiro atoms. The van der Waals surface area contributed by atoms with E-state index in [-0.39, 0.29) is 23.3 Å². The molecule has 43 heavy (non-hydrogen) atoms. The smallest absolute Gasteiger partial charge is 0.263 e. The Balaban J connectivity index is 1.43. The molecule has 1 N–H and O–H groups in total. The number of nitrogens with one attached hydrogen (secondary N) is 1. The Morgan fingerprint density at radius 3 is 2.07 bits per heavy atom. The summed E-state index contributed by atoms with van der Waals surface area (Å²) in [6.07, 6.45) is 0.722. The Labute approximate surface area is 251 Å². The van der Waals surface area contributed by atoms with E-state index in [1.807, 2.05) is 84.9 Å². The van der Waals surface area contributed by atoms with Gasteiger partial charge in [0.15, 0.2) is 0 Å². The maximum Gasteiger partial charge on any atom is 0.263 e. The molecular formula is C36H35FN4O2. The van der Waals surface area contributed by atoms with Gasteiger partial charge in [0.25, 0.3) is 11.5 Å². The number of hydrogen-bond acceptors (Lipinski definition) is 4. The Morgan fingerprint density at radius 1 is 0.791 bits per heavy atom. The summed E-state index contributed by atoms with van der Waals surface area (Å²) in [5.74, 6) is -0.442. The van der Waals surface area contributed by atoms with E-state index in [0.717, 1.165) is 12.0 Å². The number of carbonyl (C=O) groups excluding carboxylic acids is 1. The molecule has 6 nitrogen and oxygen atoms in total. The molecule has 0 saturated carbocycles. The van der Waals surface area contributed by atoms with Crippen LogP contribution in [-0.2, 0) is 6.54 Å². The van der Waals surface area contributed by atoms with Gasteiger partial charge in [-0.2, -0.15) is 0 Å². The fourth-order valence-electron chi connectivity index (χ4n) is 6.05. The zero-order chi connectivity index (χ0) is 29.8. The molecule has 4 aromatic carbocycles. The first kappa shape index (κ1) is 28.4. The third-order valence-corrected chi connectivity index (χ3v) is 8.28. The van der Waals surface area contributed by atoms with Crippen LogP contribution in [0.1, 0.15) is 41.0 Å². The molecule has 5 aromatic rings. The number of amides is 1. The van der Waals surface area contributed by atoms with Crippen molar-refractivity contribution in [2.75, 3.05) is 31.1 Å². The summed E-state index contributed by atoms with van der Waals surface area (Å²) in [7, 11) is 0. The SMILES string of the molecule is CC[C@H](NC(=O)c1c(CN2CCN(c3ccccc3F)CC2)n(-c2ccccc2)c(=O)c2ccccc12)c1ccccc1. The van der Waals surface area contributed by atoms with Crippen molar-refractivity contribution in [1.29, 1.82) is 0 Å².